The van der Waals surface area contributed by atoms with Crippen LogP contribution in [0.5, 0.6) is 11.5 Å². The van der Waals surface area contributed by atoms with Crippen molar-refractivity contribution in [1.29, 1.82) is 0 Å². The molecule has 0 amide bonds. The average molecular weight is 662 g/mol. The van der Waals surface area contributed by atoms with Gasteiger partial charge in [0.05, 0.1) is 27.8 Å². The summed E-state index contributed by atoms with van der Waals surface area (Å²) >= 11 is 14.5. The third-order valence-electron chi connectivity index (χ3n) is 6.71. The normalized spacial score (nSPS) is 14.3. The van der Waals surface area contributed by atoms with E-state index in [-0.39, 0.29) is 18.1 Å². The molecule has 6 nitrogen and oxygen atoms in total. The molecule has 5 rings (SSSR count). The number of fused-ring (bicyclic) bond motifs is 1. The van der Waals surface area contributed by atoms with Crippen LogP contribution < -0.4 is 15.0 Å². The number of nitrogens with zero attached hydrogens (tertiary/aromatic N) is 3. The van der Waals surface area contributed by atoms with Gasteiger partial charge >= 0.3 is 0 Å². The molecule has 38 heavy (non-hydrogen) atoms. The zero-order valence-corrected chi connectivity index (χ0v) is 24.5. The summed E-state index contributed by atoms with van der Waals surface area (Å²) in [5, 5.41) is 6.32. The SMILES string of the molecule is COc1cc(C=Nn2c(C3CCCCC3)nc3ccccc3c2=O)cc(I)c1OCc1ccc(Cl)cc1Cl. The van der Waals surface area contributed by atoms with Crippen molar-refractivity contribution in [2.45, 2.75) is 44.6 Å². The van der Waals surface area contributed by atoms with Gasteiger partial charge < -0.3 is 9.47 Å². The van der Waals surface area contributed by atoms with E-state index < -0.39 is 0 Å². The van der Waals surface area contributed by atoms with Gasteiger partial charge in [0, 0.05) is 21.5 Å². The molecule has 0 atom stereocenters. The Labute approximate surface area is 244 Å². The van der Waals surface area contributed by atoms with Crippen LogP contribution in [0.4, 0.5) is 0 Å². The van der Waals surface area contributed by atoms with Crippen LogP contribution in [0.25, 0.3) is 10.9 Å². The van der Waals surface area contributed by atoms with Crippen molar-refractivity contribution in [2.75, 3.05) is 7.11 Å². The summed E-state index contributed by atoms with van der Waals surface area (Å²) in [7, 11) is 1.59. The number of benzene rings is 3. The number of para-hydroxylation sites is 1. The van der Waals surface area contributed by atoms with E-state index in [4.69, 9.17) is 37.7 Å². The molecule has 0 radical (unpaired) electrons. The lowest BCUT2D eigenvalue weighted by molar-refractivity contribution is 0.282. The quantitative estimate of drug-likeness (QED) is 0.150. The Hall–Kier alpha value is -2.62. The fourth-order valence-electron chi connectivity index (χ4n) is 4.74. The maximum absolute atomic E-state index is 13.5. The van der Waals surface area contributed by atoms with Gasteiger partial charge in [0.1, 0.15) is 12.4 Å². The van der Waals surface area contributed by atoms with Gasteiger partial charge in [-0.2, -0.15) is 9.78 Å². The average Bonchev–Trinajstić information content (AvgIpc) is 2.93. The molecule has 1 aliphatic rings. The van der Waals surface area contributed by atoms with E-state index in [1.54, 1.807) is 31.5 Å². The second-order valence-electron chi connectivity index (χ2n) is 9.24. The van der Waals surface area contributed by atoms with Crippen molar-refractivity contribution in [3.05, 3.63) is 95.5 Å². The van der Waals surface area contributed by atoms with E-state index >= 15 is 0 Å². The van der Waals surface area contributed by atoms with Crippen LogP contribution in [0.1, 0.15) is 55.0 Å². The highest BCUT2D eigenvalue weighted by atomic mass is 127. The number of ether oxygens (including phenoxy) is 2. The number of hydrogen-bond acceptors (Lipinski definition) is 5. The Morgan fingerprint density at radius 1 is 1.11 bits per heavy atom. The van der Waals surface area contributed by atoms with E-state index in [0.717, 1.165) is 46.2 Å². The highest BCUT2D eigenvalue weighted by molar-refractivity contribution is 14.1. The molecular formula is C29H26Cl2IN3O3. The van der Waals surface area contributed by atoms with E-state index in [1.165, 1.54) is 11.1 Å². The Morgan fingerprint density at radius 3 is 2.66 bits per heavy atom. The van der Waals surface area contributed by atoms with Crippen molar-refractivity contribution in [1.82, 2.24) is 9.66 Å². The number of halogens is 3. The summed E-state index contributed by atoms with van der Waals surface area (Å²) in [4.78, 5) is 18.4. The third-order valence-corrected chi connectivity index (χ3v) is 8.10. The summed E-state index contributed by atoms with van der Waals surface area (Å²) < 4.78 is 14.0. The molecule has 196 valence electrons. The van der Waals surface area contributed by atoms with Crippen molar-refractivity contribution < 1.29 is 9.47 Å². The predicted octanol–water partition coefficient (Wildman–Crippen LogP) is 7.83. The molecule has 1 aliphatic carbocycles. The minimum Gasteiger partial charge on any atom is -0.493 e. The zero-order valence-electron chi connectivity index (χ0n) is 20.8. The van der Waals surface area contributed by atoms with Gasteiger partial charge in [-0.15, -0.1) is 0 Å². The van der Waals surface area contributed by atoms with Crippen LogP contribution in [0.3, 0.4) is 0 Å². The van der Waals surface area contributed by atoms with Crippen LogP contribution in [0.2, 0.25) is 10.0 Å². The standard InChI is InChI=1S/C29H26Cl2IN3O3/c1-37-26-14-18(13-24(32)27(26)38-17-20-11-12-21(30)15-23(20)31)16-33-35-28(19-7-3-2-4-8-19)34-25-10-6-5-9-22(25)29(35)36/h5-6,9-16,19H,2-4,7-8,17H2,1H3. The molecule has 9 heteroatoms. The molecule has 0 aliphatic heterocycles. The van der Waals surface area contributed by atoms with Gasteiger partial charge in [0.15, 0.2) is 11.5 Å². The highest BCUT2D eigenvalue weighted by Gasteiger charge is 2.22. The van der Waals surface area contributed by atoms with Gasteiger partial charge in [-0.25, -0.2) is 4.98 Å². The summed E-state index contributed by atoms with van der Waals surface area (Å²) in [5.74, 6) is 2.10. The summed E-state index contributed by atoms with van der Waals surface area (Å²) in [6.07, 6.45) is 7.18. The van der Waals surface area contributed by atoms with Gasteiger partial charge in [-0.05, 0) is 77.4 Å². The first-order chi connectivity index (χ1) is 18.4. The fourth-order valence-corrected chi connectivity index (χ4v) is 5.99. The van der Waals surface area contributed by atoms with E-state index in [1.807, 2.05) is 36.4 Å². The van der Waals surface area contributed by atoms with Crippen LogP contribution in [-0.4, -0.2) is 23.0 Å². The smallest absolute Gasteiger partial charge is 0.282 e. The largest absolute Gasteiger partial charge is 0.493 e. The van der Waals surface area contributed by atoms with Crippen LogP contribution in [-0.2, 0) is 6.61 Å². The van der Waals surface area contributed by atoms with E-state index in [2.05, 4.69) is 27.7 Å². The van der Waals surface area contributed by atoms with Crippen molar-refractivity contribution >= 4 is 62.9 Å². The Bertz CT molecular complexity index is 1570. The molecule has 1 saturated carbocycles. The number of aromatic nitrogens is 2. The van der Waals surface area contributed by atoms with Crippen molar-refractivity contribution in [2.24, 2.45) is 5.10 Å². The number of methoxy groups -OCH3 is 1. The first-order valence-electron chi connectivity index (χ1n) is 12.4. The van der Waals surface area contributed by atoms with E-state index in [9.17, 15) is 4.79 Å². The van der Waals surface area contributed by atoms with Crippen molar-refractivity contribution in [3.8, 4) is 11.5 Å². The summed E-state index contributed by atoms with van der Waals surface area (Å²) in [6, 6.07) is 16.5. The summed E-state index contributed by atoms with van der Waals surface area (Å²) in [6.45, 7) is 0.263. The Morgan fingerprint density at radius 2 is 1.89 bits per heavy atom. The lowest BCUT2D eigenvalue weighted by Crippen LogP contribution is -2.25. The van der Waals surface area contributed by atoms with Gasteiger partial charge in [-0.3, -0.25) is 4.79 Å². The minimum absolute atomic E-state index is 0.158. The molecule has 0 unspecified atom stereocenters. The molecule has 0 saturated heterocycles. The lowest BCUT2D eigenvalue weighted by Gasteiger charge is -2.22. The van der Waals surface area contributed by atoms with Crippen LogP contribution in [0.15, 0.2) is 64.5 Å². The molecule has 4 aromatic rings. The Balaban J connectivity index is 1.47. The predicted molar refractivity (Wildman–Crippen MR) is 161 cm³/mol. The third kappa shape index (κ3) is 5.84. The van der Waals surface area contributed by atoms with Crippen molar-refractivity contribution in [3.63, 3.8) is 0 Å². The second kappa shape index (κ2) is 12.1. The molecule has 3 aromatic carbocycles. The van der Waals surface area contributed by atoms with E-state index in [0.29, 0.717) is 32.4 Å². The van der Waals surface area contributed by atoms with Gasteiger partial charge in [0.2, 0.25) is 0 Å². The number of rotatable bonds is 7. The molecule has 1 heterocycles. The monoisotopic (exact) mass is 661 g/mol. The Kier molecular flexibility index (Phi) is 8.55. The maximum Gasteiger partial charge on any atom is 0.282 e. The minimum atomic E-state index is -0.158. The fraction of sp³-hybridized carbons (Fsp3) is 0.276. The number of hydrogen-bond donors (Lipinski definition) is 0. The molecular weight excluding hydrogens is 636 g/mol. The van der Waals surface area contributed by atoms with Crippen LogP contribution >= 0.6 is 45.8 Å². The molecule has 0 bridgehead atoms. The zero-order chi connectivity index (χ0) is 26.6. The van der Waals surface area contributed by atoms with Crippen LogP contribution in [0, 0.1) is 3.57 Å². The lowest BCUT2D eigenvalue weighted by atomic mass is 9.88. The second-order valence-corrected chi connectivity index (χ2v) is 11.2. The molecule has 0 spiro atoms. The van der Waals surface area contributed by atoms with Gasteiger partial charge in [0.25, 0.3) is 5.56 Å². The molecule has 1 fully saturated rings. The first-order valence-corrected chi connectivity index (χ1v) is 14.3. The topological polar surface area (TPSA) is 65.7 Å². The first kappa shape index (κ1) is 27.0. The highest BCUT2D eigenvalue weighted by Crippen LogP contribution is 2.35. The van der Waals surface area contributed by atoms with Gasteiger partial charge in [-0.1, -0.05) is 60.7 Å². The summed E-state index contributed by atoms with van der Waals surface area (Å²) in [5.41, 5.74) is 2.15. The molecule has 1 aromatic heterocycles. The maximum atomic E-state index is 13.5. The molecule has 0 N–H and O–H groups in total.